The summed E-state index contributed by atoms with van der Waals surface area (Å²) in [6, 6.07) is 19.3. The first kappa shape index (κ1) is 14.4. The van der Waals surface area contributed by atoms with Gasteiger partial charge in [-0.25, -0.2) is 0 Å². The number of carbonyl (C=O) groups is 1. The van der Waals surface area contributed by atoms with Crippen molar-refractivity contribution < 1.29 is 4.79 Å². The van der Waals surface area contributed by atoms with Gasteiger partial charge >= 0.3 is 0 Å². The monoisotopic (exact) mass is 283 g/mol. The largest absolute Gasteiger partial charge is 0.382 e. The minimum absolute atomic E-state index is 0.0492. The number of thioether (sulfide) groups is 1. The summed E-state index contributed by atoms with van der Waals surface area (Å²) in [4.78, 5) is 16.2. The van der Waals surface area contributed by atoms with E-state index in [1.807, 2.05) is 85.9 Å². The minimum atomic E-state index is 0.0492. The molecule has 0 aliphatic rings. The first-order valence-corrected chi connectivity index (χ1v) is 7.19. The predicted molar refractivity (Wildman–Crippen MR) is 84.8 cm³/mol. The van der Waals surface area contributed by atoms with Gasteiger partial charge in [-0.05, 0) is 12.1 Å². The molecule has 0 saturated heterocycles. The van der Waals surface area contributed by atoms with Crippen LogP contribution in [0.15, 0.2) is 76.7 Å². The van der Waals surface area contributed by atoms with Crippen molar-refractivity contribution in [1.82, 2.24) is 4.90 Å². The van der Waals surface area contributed by atoms with E-state index in [0.29, 0.717) is 10.5 Å². The molecule has 0 spiro atoms. The lowest BCUT2D eigenvalue weighted by molar-refractivity contribution is 0.104. The van der Waals surface area contributed by atoms with Gasteiger partial charge in [0.1, 0.15) is 0 Å². The van der Waals surface area contributed by atoms with Crippen LogP contribution >= 0.6 is 11.8 Å². The van der Waals surface area contributed by atoms with Crippen molar-refractivity contribution in [2.45, 2.75) is 4.90 Å². The number of benzene rings is 2. The molecule has 2 aromatic carbocycles. The molecule has 0 fully saturated rings. The Labute approximate surface area is 124 Å². The number of ketones is 1. The van der Waals surface area contributed by atoms with Crippen molar-refractivity contribution >= 4 is 17.5 Å². The second-order valence-electron chi connectivity index (χ2n) is 4.57. The topological polar surface area (TPSA) is 20.3 Å². The number of allylic oxidation sites excluding steroid dienone is 1. The highest BCUT2D eigenvalue weighted by atomic mass is 32.2. The van der Waals surface area contributed by atoms with Gasteiger partial charge in [-0.15, -0.1) is 0 Å². The molecular formula is C17H17NOS. The van der Waals surface area contributed by atoms with E-state index in [1.54, 1.807) is 0 Å². The molecule has 2 aromatic rings. The molecule has 20 heavy (non-hydrogen) atoms. The SMILES string of the molecule is CN(C)/C=C(\Sc1ccccc1)C(=O)c1ccccc1. The second-order valence-corrected chi connectivity index (χ2v) is 5.68. The lowest BCUT2D eigenvalue weighted by Gasteiger charge is -2.11. The molecule has 0 radical (unpaired) electrons. The average molecular weight is 283 g/mol. The number of Topliss-reactive ketones (excluding diaryl/α,β-unsaturated/α-hetero) is 1. The Morgan fingerprint density at radius 2 is 1.50 bits per heavy atom. The molecule has 102 valence electrons. The third-order valence-electron chi connectivity index (χ3n) is 2.61. The van der Waals surface area contributed by atoms with E-state index in [-0.39, 0.29) is 5.78 Å². The summed E-state index contributed by atoms with van der Waals surface area (Å²) < 4.78 is 0. The molecule has 0 bridgehead atoms. The fraction of sp³-hybridized carbons (Fsp3) is 0.118. The molecular weight excluding hydrogens is 266 g/mol. The highest BCUT2D eigenvalue weighted by Gasteiger charge is 2.13. The van der Waals surface area contributed by atoms with E-state index in [0.717, 1.165) is 4.90 Å². The zero-order chi connectivity index (χ0) is 14.4. The van der Waals surface area contributed by atoms with E-state index in [1.165, 1.54) is 11.8 Å². The molecule has 0 aromatic heterocycles. The summed E-state index contributed by atoms with van der Waals surface area (Å²) in [7, 11) is 3.84. The van der Waals surface area contributed by atoms with Crippen molar-refractivity contribution in [2.75, 3.05) is 14.1 Å². The first-order valence-electron chi connectivity index (χ1n) is 6.38. The van der Waals surface area contributed by atoms with Crippen LogP contribution in [0, 0.1) is 0 Å². The van der Waals surface area contributed by atoms with Gasteiger partial charge in [0.25, 0.3) is 0 Å². The van der Waals surface area contributed by atoms with Crippen molar-refractivity contribution in [3.05, 3.63) is 77.3 Å². The molecule has 0 saturated carbocycles. The van der Waals surface area contributed by atoms with E-state index in [2.05, 4.69) is 0 Å². The molecule has 0 unspecified atom stereocenters. The molecule has 2 nitrogen and oxygen atoms in total. The minimum Gasteiger partial charge on any atom is -0.382 e. The van der Waals surface area contributed by atoms with Crippen LogP contribution in [0.2, 0.25) is 0 Å². The Morgan fingerprint density at radius 3 is 2.05 bits per heavy atom. The number of hydrogen-bond acceptors (Lipinski definition) is 3. The second kappa shape index (κ2) is 6.96. The number of carbonyl (C=O) groups excluding carboxylic acids is 1. The summed E-state index contributed by atoms with van der Waals surface area (Å²) in [5.41, 5.74) is 0.712. The maximum atomic E-state index is 12.6. The normalized spacial score (nSPS) is 11.2. The van der Waals surface area contributed by atoms with E-state index >= 15 is 0 Å². The Morgan fingerprint density at radius 1 is 0.950 bits per heavy atom. The average Bonchev–Trinajstić information content (AvgIpc) is 2.47. The van der Waals surface area contributed by atoms with Gasteiger partial charge in [0.15, 0.2) is 0 Å². The molecule has 3 heteroatoms. The van der Waals surface area contributed by atoms with Crippen molar-refractivity contribution in [3.8, 4) is 0 Å². The van der Waals surface area contributed by atoms with Gasteiger partial charge in [-0.1, -0.05) is 60.3 Å². The zero-order valence-corrected chi connectivity index (χ0v) is 12.4. The van der Waals surface area contributed by atoms with Crippen LogP contribution in [0.25, 0.3) is 0 Å². The van der Waals surface area contributed by atoms with E-state index in [9.17, 15) is 4.79 Å². The van der Waals surface area contributed by atoms with Gasteiger partial charge < -0.3 is 4.90 Å². The maximum Gasteiger partial charge on any atom is 0.201 e. The Bertz CT molecular complexity index is 591. The van der Waals surface area contributed by atoms with Gasteiger partial charge in [0, 0.05) is 30.8 Å². The maximum absolute atomic E-state index is 12.6. The Kier molecular flexibility index (Phi) is 5.02. The van der Waals surface area contributed by atoms with Crippen LogP contribution in [0.4, 0.5) is 0 Å². The van der Waals surface area contributed by atoms with Gasteiger partial charge in [-0.2, -0.15) is 0 Å². The third kappa shape index (κ3) is 4.00. The summed E-state index contributed by atoms with van der Waals surface area (Å²) in [5.74, 6) is 0.0492. The van der Waals surface area contributed by atoms with Crippen LogP contribution in [-0.4, -0.2) is 24.8 Å². The van der Waals surface area contributed by atoms with Crippen LogP contribution in [0.1, 0.15) is 10.4 Å². The predicted octanol–water partition coefficient (Wildman–Crippen LogP) is 4.06. The van der Waals surface area contributed by atoms with Gasteiger partial charge in [0.05, 0.1) is 4.91 Å². The Balaban J connectivity index is 2.27. The molecule has 0 aliphatic carbocycles. The summed E-state index contributed by atoms with van der Waals surface area (Å²) in [6.45, 7) is 0. The van der Waals surface area contributed by atoms with Crippen molar-refractivity contribution in [1.29, 1.82) is 0 Å². The van der Waals surface area contributed by atoms with Crippen LogP contribution < -0.4 is 0 Å². The summed E-state index contributed by atoms with van der Waals surface area (Å²) in [6.07, 6.45) is 1.87. The van der Waals surface area contributed by atoms with E-state index < -0.39 is 0 Å². The van der Waals surface area contributed by atoms with Crippen LogP contribution in [0.5, 0.6) is 0 Å². The summed E-state index contributed by atoms with van der Waals surface area (Å²) >= 11 is 1.49. The molecule has 0 aliphatic heterocycles. The molecule has 0 heterocycles. The first-order chi connectivity index (χ1) is 9.66. The quantitative estimate of drug-likeness (QED) is 0.469. The molecule has 0 amide bonds. The van der Waals surface area contributed by atoms with Crippen molar-refractivity contribution in [2.24, 2.45) is 0 Å². The van der Waals surface area contributed by atoms with Crippen molar-refractivity contribution in [3.63, 3.8) is 0 Å². The fourth-order valence-corrected chi connectivity index (χ4v) is 2.73. The number of hydrogen-bond donors (Lipinski definition) is 0. The molecule has 0 N–H and O–H groups in total. The third-order valence-corrected chi connectivity index (χ3v) is 3.62. The van der Waals surface area contributed by atoms with Crippen LogP contribution in [0.3, 0.4) is 0 Å². The lowest BCUT2D eigenvalue weighted by Crippen LogP contribution is -2.08. The lowest BCUT2D eigenvalue weighted by atomic mass is 10.1. The highest BCUT2D eigenvalue weighted by molar-refractivity contribution is 8.04. The molecule has 0 atom stereocenters. The zero-order valence-electron chi connectivity index (χ0n) is 11.6. The fourth-order valence-electron chi connectivity index (χ4n) is 1.71. The standard InChI is InChI=1S/C17H17NOS/c1-18(2)13-16(20-15-11-7-4-8-12-15)17(19)14-9-5-3-6-10-14/h3-13H,1-2H3/b16-13-. The highest BCUT2D eigenvalue weighted by Crippen LogP contribution is 2.29. The summed E-state index contributed by atoms with van der Waals surface area (Å²) in [5, 5.41) is 0. The van der Waals surface area contributed by atoms with E-state index in [4.69, 9.17) is 0 Å². The van der Waals surface area contributed by atoms with Crippen LogP contribution in [-0.2, 0) is 0 Å². The number of nitrogens with zero attached hydrogens (tertiary/aromatic N) is 1. The smallest absolute Gasteiger partial charge is 0.201 e. The molecule has 2 rings (SSSR count). The number of rotatable bonds is 5. The van der Waals surface area contributed by atoms with Gasteiger partial charge in [-0.3, -0.25) is 4.79 Å². The Hall–Kier alpha value is -2.00. The van der Waals surface area contributed by atoms with Gasteiger partial charge in [0.2, 0.25) is 5.78 Å².